The summed E-state index contributed by atoms with van der Waals surface area (Å²) in [4.78, 5) is 35.3. The molecule has 1 aromatic carbocycles. The van der Waals surface area contributed by atoms with Gasteiger partial charge < -0.3 is 0 Å². The summed E-state index contributed by atoms with van der Waals surface area (Å²) in [6, 6.07) is 8.75. The molecule has 1 aliphatic heterocycles. The van der Waals surface area contributed by atoms with Gasteiger partial charge in [-0.1, -0.05) is 42.5 Å². The molecule has 5 heteroatoms. The molecule has 19 heavy (non-hydrogen) atoms. The van der Waals surface area contributed by atoms with Gasteiger partial charge in [0, 0.05) is 7.05 Å². The number of rotatable bonds is 2. The van der Waals surface area contributed by atoms with E-state index in [2.05, 4.69) is 5.32 Å². The Bertz CT molecular complexity index is 588. The highest BCUT2D eigenvalue weighted by Gasteiger charge is 2.32. The number of imide groups is 2. The number of amides is 4. The van der Waals surface area contributed by atoms with Crippen LogP contribution in [0, 0.1) is 0 Å². The highest BCUT2D eigenvalue weighted by molar-refractivity contribution is 6.28. The Morgan fingerprint density at radius 3 is 2.47 bits per heavy atom. The molecule has 5 nitrogen and oxygen atoms in total. The summed E-state index contributed by atoms with van der Waals surface area (Å²) in [6.45, 7) is 0. The minimum absolute atomic E-state index is 0.0609. The van der Waals surface area contributed by atoms with Crippen LogP contribution in [0.2, 0.25) is 0 Å². The molecule has 1 fully saturated rings. The Labute approximate surface area is 110 Å². The number of carbonyl (C=O) groups is 3. The van der Waals surface area contributed by atoms with E-state index in [0.29, 0.717) is 0 Å². The molecule has 0 atom stereocenters. The molecule has 1 aromatic rings. The normalized spacial score (nSPS) is 18.3. The van der Waals surface area contributed by atoms with Crippen molar-refractivity contribution in [3.8, 4) is 0 Å². The van der Waals surface area contributed by atoms with Gasteiger partial charge >= 0.3 is 6.03 Å². The number of nitrogens with zero attached hydrogens (tertiary/aromatic N) is 1. The summed E-state index contributed by atoms with van der Waals surface area (Å²) in [5.74, 6) is -1.28. The lowest BCUT2D eigenvalue weighted by atomic mass is 10.1. The predicted molar refractivity (Wildman–Crippen MR) is 69.9 cm³/mol. The van der Waals surface area contributed by atoms with Crippen LogP contribution in [0.1, 0.15) is 5.56 Å². The summed E-state index contributed by atoms with van der Waals surface area (Å²) in [5.41, 5.74) is 0.890. The van der Waals surface area contributed by atoms with Gasteiger partial charge in [-0.2, -0.15) is 0 Å². The minimum Gasteiger partial charge on any atom is -0.273 e. The number of allylic oxidation sites excluding steroid dienone is 2. The molecule has 0 unspecified atom stereocenters. The Kier molecular flexibility index (Phi) is 3.56. The zero-order valence-electron chi connectivity index (χ0n) is 10.3. The second-order valence-electron chi connectivity index (χ2n) is 3.97. The number of urea groups is 1. The van der Waals surface area contributed by atoms with Crippen molar-refractivity contribution in [1.29, 1.82) is 0 Å². The topological polar surface area (TPSA) is 66.5 Å². The summed E-state index contributed by atoms with van der Waals surface area (Å²) >= 11 is 0. The van der Waals surface area contributed by atoms with E-state index in [1.807, 2.05) is 30.3 Å². The van der Waals surface area contributed by atoms with E-state index in [1.54, 1.807) is 12.2 Å². The first kappa shape index (κ1) is 12.8. The average Bonchev–Trinajstić information content (AvgIpc) is 2.41. The van der Waals surface area contributed by atoms with Crippen molar-refractivity contribution in [2.75, 3.05) is 7.05 Å². The van der Waals surface area contributed by atoms with Crippen molar-refractivity contribution >= 4 is 23.9 Å². The maximum absolute atomic E-state index is 11.7. The lowest BCUT2D eigenvalue weighted by molar-refractivity contribution is -0.129. The third-order valence-electron chi connectivity index (χ3n) is 2.66. The average molecular weight is 256 g/mol. The van der Waals surface area contributed by atoms with Gasteiger partial charge in [-0.3, -0.25) is 19.8 Å². The van der Waals surface area contributed by atoms with Gasteiger partial charge in [0.05, 0.1) is 0 Å². The fraction of sp³-hybridized carbons (Fsp3) is 0.0714. The summed E-state index contributed by atoms with van der Waals surface area (Å²) in [7, 11) is 1.32. The number of hydrogen-bond donors (Lipinski definition) is 1. The molecule has 0 bridgehead atoms. The summed E-state index contributed by atoms with van der Waals surface area (Å²) < 4.78 is 0. The quantitative estimate of drug-likeness (QED) is 0.641. The second-order valence-corrected chi connectivity index (χ2v) is 3.97. The predicted octanol–water partition coefficient (Wildman–Crippen LogP) is 1.33. The zero-order valence-corrected chi connectivity index (χ0v) is 10.3. The van der Waals surface area contributed by atoms with Crippen molar-refractivity contribution in [2.45, 2.75) is 0 Å². The van der Waals surface area contributed by atoms with Crippen LogP contribution in [-0.2, 0) is 9.59 Å². The molecule has 1 aliphatic rings. The van der Waals surface area contributed by atoms with Crippen molar-refractivity contribution in [2.24, 2.45) is 0 Å². The van der Waals surface area contributed by atoms with Crippen molar-refractivity contribution < 1.29 is 14.4 Å². The van der Waals surface area contributed by atoms with Crippen LogP contribution in [0.4, 0.5) is 4.79 Å². The van der Waals surface area contributed by atoms with Crippen LogP contribution < -0.4 is 5.32 Å². The Balaban J connectivity index is 2.19. The number of barbiturate groups is 1. The molecule has 0 saturated carbocycles. The first-order chi connectivity index (χ1) is 9.09. The number of benzene rings is 1. The largest absolute Gasteiger partial charge is 0.331 e. The molecular weight excluding hydrogens is 244 g/mol. The summed E-state index contributed by atoms with van der Waals surface area (Å²) in [6.07, 6.45) is 4.77. The van der Waals surface area contributed by atoms with Gasteiger partial charge in [0.15, 0.2) is 0 Å². The molecule has 4 amide bonds. The fourth-order valence-corrected chi connectivity index (χ4v) is 1.58. The highest BCUT2D eigenvalue weighted by Crippen LogP contribution is 2.09. The molecule has 1 saturated heterocycles. The fourth-order valence-electron chi connectivity index (χ4n) is 1.58. The van der Waals surface area contributed by atoms with Gasteiger partial charge in [-0.15, -0.1) is 0 Å². The molecule has 0 spiro atoms. The minimum atomic E-state index is -0.709. The Morgan fingerprint density at radius 2 is 1.79 bits per heavy atom. The Morgan fingerprint density at radius 1 is 1.11 bits per heavy atom. The van der Waals surface area contributed by atoms with E-state index in [9.17, 15) is 14.4 Å². The third kappa shape index (κ3) is 2.77. The van der Waals surface area contributed by atoms with Crippen molar-refractivity contribution in [1.82, 2.24) is 10.2 Å². The maximum Gasteiger partial charge on any atom is 0.331 e. The van der Waals surface area contributed by atoms with Gasteiger partial charge in [0.25, 0.3) is 11.8 Å². The van der Waals surface area contributed by atoms with Crippen LogP contribution >= 0.6 is 0 Å². The van der Waals surface area contributed by atoms with Gasteiger partial charge in [-0.05, 0) is 11.6 Å². The molecule has 1 heterocycles. The SMILES string of the molecule is CN1C(=O)NC(=O)/C(=C/C=C/c2ccccc2)C1=O. The van der Waals surface area contributed by atoms with Crippen LogP contribution in [0.15, 0.2) is 48.1 Å². The zero-order chi connectivity index (χ0) is 13.8. The van der Waals surface area contributed by atoms with Crippen molar-refractivity contribution in [3.05, 3.63) is 53.6 Å². The smallest absolute Gasteiger partial charge is 0.273 e. The molecule has 0 aliphatic carbocycles. The molecule has 2 rings (SSSR count). The van der Waals surface area contributed by atoms with E-state index in [1.165, 1.54) is 13.1 Å². The van der Waals surface area contributed by atoms with E-state index >= 15 is 0 Å². The van der Waals surface area contributed by atoms with Crippen LogP contribution in [0.25, 0.3) is 6.08 Å². The first-order valence-corrected chi connectivity index (χ1v) is 5.66. The van der Waals surface area contributed by atoms with Crippen LogP contribution in [0.3, 0.4) is 0 Å². The van der Waals surface area contributed by atoms with Crippen LogP contribution in [0.5, 0.6) is 0 Å². The van der Waals surface area contributed by atoms with E-state index in [-0.39, 0.29) is 5.57 Å². The van der Waals surface area contributed by atoms with Gasteiger partial charge in [-0.25, -0.2) is 4.79 Å². The molecule has 0 aromatic heterocycles. The molecule has 1 N–H and O–H groups in total. The van der Waals surface area contributed by atoms with E-state index < -0.39 is 17.8 Å². The lowest BCUT2D eigenvalue weighted by Crippen LogP contribution is -2.52. The standard InChI is InChI=1S/C14H12N2O3/c1-16-13(18)11(12(17)15-14(16)19)9-5-8-10-6-3-2-4-7-10/h2-9H,1H3,(H,15,17,19)/b8-5+,11-9-. The maximum atomic E-state index is 11.7. The monoisotopic (exact) mass is 256 g/mol. The third-order valence-corrected chi connectivity index (χ3v) is 2.66. The lowest BCUT2D eigenvalue weighted by Gasteiger charge is -2.21. The number of nitrogens with one attached hydrogen (secondary N) is 1. The number of likely N-dealkylation sites (N-methyl/N-ethyl adjacent to an activating group) is 1. The van der Waals surface area contributed by atoms with E-state index in [4.69, 9.17) is 0 Å². The molecule has 0 radical (unpaired) electrons. The number of hydrogen-bond acceptors (Lipinski definition) is 3. The second kappa shape index (κ2) is 5.30. The van der Waals surface area contributed by atoms with E-state index in [0.717, 1.165) is 10.5 Å². The Hall–Kier alpha value is -2.69. The van der Waals surface area contributed by atoms with Gasteiger partial charge in [0.1, 0.15) is 5.57 Å². The van der Waals surface area contributed by atoms with Gasteiger partial charge in [0.2, 0.25) is 0 Å². The molecular formula is C14H12N2O3. The van der Waals surface area contributed by atoms with Crippen LogP contribution in [-0.4, -0.2) is 29.8 Å². The molecule has 96 valence electrons. The number of carbonyl (C=O) groups excluding carboxylic acids is 3. The summed E-state index contributed by atoms with van der Waals surface area (Å²) in [5, 5.41) is 2.08. The first-order valence-electron chi connectivity index (χ1n) is 5.66. The van der Waals surface area contributed by atoms with Crippen molar-refractivity contribution in [3.63, 3.8) is 0 Å². The highest BCUT2D eigenvalue weighted by atomic mass is 16.2.